The number of amides is 2. The molecule has 9 heteroatoms. The van der Waals surface area contributed by atoms with E-state index < -0.39 is 5.92 Å². The smallest absolute Gasteiger partial charge is 0.265 e. The lowest BCUT2D eigenvalue weighted by Crippen LogP contribution is -2.13. The van der Waals surface area contributed by atoms with E-state index in [2.05, 4.69) is 25.8 Å². The van der Waals surface area contributed by atoms with Crippen LogP contribution in [0.5, 0.6) is 0 Å². The van der Waals surface area contributed by atoms with Gasteiger partial charge in [0.25, 0.3) is 5.91 Å². The van der Waals surface area contributed by atoms with Crippen molar-refractivity contribution in [1.82, 2.24) is 10.2 Å². The van der Waals surface area contributed by atoms with Crippen LogP contribution in [0.15, 0.2) is 77.2 Å². The van der Waals surface area contributed by atoms with Gasteiger partial charge in [-0.05, 0) is 47.3 Å². The molecular formula is C24H17N5O3S. The number of anilines is 2. The highest BCUT2D eigenvalue weighted by molar-refractivity contribution is 7.12. The second-order valence-corrected chi connectivity index (χ2v) is 8.28. The first kappa shape index (κ1) is 20.5. The number of carbonyl (C=O) groups excluding carboxylic acids is 3. The van der Waals surface area contributed by atoms with Gasteiger partial charge >= 0.3 is 0 Å². The quantitative estimate of drug-likeness (QED) is 0.295. The Morgan fingerprint density at radius 2 is 1.94 bits per heavy atom. The molecule has 1 aliphatic rings. The van der Waals surface area contributed by atoms with Gasteiger partial charge < -0.3 is 10.6 Å². The first-order chi connectivity index (χ1) is 16.1. The summed E-state index contributed by atoms with van der Waals surface area (Å²) in [5.41, 5.74) is 2.72. The topological polar surface area (TPSA) is 116 Å². The van der Waals surface area contributed by atoms with Crippen molar-refractivity contribution in [3.05, 3.63) is 93.8 Å². The van der Waals surface area contributed by atoms with Crippen LogP contribution in [0.25, 0.3) is 0 Å². The lowest BCUT2D eigenvalue weighted by atomic mass is 9.96. The van der Waals surface area contributed by atoms with Crippen molar-refractivity contribution in [1.29, 1.82) is 0 Å². The number of hydrogen-bond donors (Lipinski definition) is 3. The lowest BCUT2D eigenvalue weighted by Gasteiger charge is -2.08. The molecule has 4 aromatic rings. The summed E-state index contributed by atoms with van der Waals surface area (Å²) in [6, 6.07) is 17.1. The molecule has 0 bridgehead atoms. The largest absolute Gasteiger partial charge is 0.325 e. The molecule has 1 atom stereocenters. The van der Waals surface area contributed by atoms with Gasteiger partial charge in [-0.15, -0.1) is 11.3 Å². The van der Waals surface area contributed by atoms with E-state index in [1.165, 1.54) is 17.6 Å². The molecule has 3 heterocycles. The third kappa shape index (κ3) is 4.21. The highest BCUT2D eigenvalue weighted by Crippen LogP contribution is 2.33. The van der Waals surface area contributed by atoms with Crippen LogP contribution < -0.4 is 10.6 Å². The average Bonchev–Trinajstić information content (AvgIpc) is 3.58. The number of thiophene rings is 1. The van der Waals surface area contributed by atoms with E-state index in [0.29, 0.717) is 38.8 Å². The fraction of sp³-hybridized carbons (Fsp3) is 0.0417. The standard InChI is InChI=1S/C24H17N5O3S/c30-22(14-3-1-4-16(11-14)27-24(32)20-5-2-10-33-20)15-6-7-19-17(12-15)18(23(31)28-19)13-25-21-8-9-26-29-21/h1-13,18H,(H,26,29)(H,27,32)(H,28,31). The SMILES string of the molecule is O=C(c1cccc(NC(=O)c2cccs2)c1)c1ccc2c(c1)C(C=Nc1ccn[nH]1)C(=O)N2. The van der Waals surface area contributed by atoms with E-state index >= 15 is 0 Å². The zero-order valence-electron chi connectivity index (χ0n) is 17.1. The van der Waals surface area contributed by atoms with Crippen molar-refractivity contribution in [2.24, 2.45) is 4.99 Å². The normalized spacial score (nSPS) is 14.8. The predicted molar refractivity (Wildman–Crippen MR) is 127 cm³/mol. The third-order valence-corrected chi connectivity index (χ3v) is 6.03. The van der Waals surface area contributed by atoms with E-state index in [0.717, 1.165) is 0 Å². The number of hydrogen-bond acceptors (Lipinski definition) is 6. The van der Waals surface area contributed by atoms with Gasteiger partial charge in [-0.1, -0.05) is 18.2 Å². The number of ketones is 1. The molecule has 33 heavy (non-hydrogen) atoms. The average molecular weight is 455 g/mol. The highest BCUT2D eigenvalue weighted by Gasteiger charge is 2.30. The van der Waals surface area contributed by atoms with Crippen molar-refractivity contribution in [3.8, 4) is 0 Å². The van der Waals surface area contributed by atoms with Crippen molar-refractivity contribution >= 4 is 52.3 Å². The number of nitrogens with one attached hydrogen (secondary N) is 3. The van der Waals surface area contributed by atoms with Gasteiger partial charge in [0.05, 0.1) is 11.1 Å². The van der Waals surface area contributed by atoms with Crippen molar-refractivity contribution < 1.29 is 14.4 Å². The Balaban J connectivity index is 1.39. The van der Waals surface area contributed by atoms with Crippen molar-refractivity contribution in [2.45, 2.75) is 5.92 Å². The molecule has 2 aromatic carbocycles. The summed E-state index contributed by atoms with van der Waals surface area (Å²) in [6.07, 6.45) is 3.10. The summed E-state index contributed by atoms with van der Waals surface area (Å²) in [5.74, 6) is -0.738. The van der Waals surface area contributed by atoms with Crippen LogP contribution in [0.4, 0.5) is 17.2 Å². The Morgan fingerprint density at radius 1 is 1.06 bits per heavy atom. The first-order valence-corrected chi connectivity index (χ1v) is 10.9. The zero-order valence-corrected chi connectivity index (χ0v) is 17.9. The van der Waals surface area contributed by atoms with Gasteiger partial charge in [-0.25, -0.2) is 4.99 Å². The molecule has 1 unspecified atom stereocenters. The summed E-state index contributed by atoms with van der Waals surface area (Å²) in [7, 11) is 0. The Morgan fingerprint density at radius 3 is 2.73 bits per heavy atom. The van der Waals surface area contributed by atoms with Crippen LogP contribution in [-0.2, 0) is 4.79 Å². The van der Waals surface area contributed by atoms with E-state index in [1.54, 1.807) is 66.9 Å². The third-order valence-electron chi connectivity index (χ3n) is 5.17. The molecule has 0 fully saturated rings. The summed E-state index contributed by atoms with van der Waals surface area (Å²) in [4.78, 5) is 42.8. The maximum atomic E-state index is 13.2. The van der Waals surface area contributed by atoms with Gasteiger partial charge in [-0.3, -0.25) is 19.5 Å². The molecule has 3 N–H and O–H groups in total. The molecular weight excluding hydrogens is 438 g/mol. The van der Waals surface area contributed by atoms with Gasteiger partial charge in [0.2, 0.25) is 5.91 Å². The summed E-state index contributed by atoms with van der Waals surface area (Å²) in [5, 5.41) is 14.0. The molecule has 0 aliphatic carbocycles. The minimum absolute atomic E-state index is 0.212. The Hall–Kier alpha value is -4.37. The minimum atomic E-state index is -0.618. The number of H-pyrrole nitrogens is 1. The molecule has 2 amide bonds. The van der Waals surface area contributed by atoms with Crippen LogP contribution in [0.2, 0.25) is 0 Å². The van der Waals surface area contributed by atoms with E-state index in [9.17, 15) is 14.4 Å². The number of aromatic nitrogens is 2. The monoisotopic (exact) mass is 455 g/mol. The molecule has 0 saturated carbocycles. The Bertz CT molecular complexity index is 1380. The molecule has 1 aliphatic heterocycles. The zero-order chi connectivity index (χ0) is 22.8. The molecule has 162 valence electrons. The highest BCUT2D eigenvalue weighted by atomic mass is 32.1. The van der Waals surface area contributed by atoms with Crippen LogP contribution in [-0.4, -0.2) is 34.0 Å². The summed E-state index contributed by atoms with van der Waals surface area (Å²) >= 11 is 1.34. The number of fused-ring (bicyclic) bond motifs is 1. The lowest BCUT2D eigenvalue weighted by molar-refractivity contribution is -0.115. The molecule has 0 saturated heterocycles. The van der Waals surface area contributed by atoms with E-state index in [1.807, 2.05) is 5.38 Å². The molecule has 8 nitrogen and oxygen atoms in total. The molecule has 5 rings (SSSR count). The van der Waals surface area contributed by atoms with Crippen molar-refractivity contribution in [3.63, 3.8) is 0 Å². The van der Waals surface area contributed by atoms with Crippen molar-refractivity contribution in [2.75, 3.05) is 10.6 Å². The van der Waals surface area contributed by atoms with Gasteiger partial charge in [0, 0.05) is 34.8 Å². The first-order valence-electron chi connectivity index (χ1n) is 10.1. The van der Waals surface area contributed by atoms with E-state index in [4.69, 9.17) is 0 Å². The fourth-order valence-electron chi connectivity index (χ4n) is 3.56. The molecule has 0 spiro atoms. The van der Waals surface area contributed by atoms with Gasteiger partial charge in [0.15, 0.2) is 5.78 Å². The molecule has 2 aromatic heterocycles. The number of benzene rings is 2. The van der Waals surface area contributed by atoms with Crippen LogP contribution in [0, 0.1) is 0 Å². The van der Waals surface area contributed by atoms with Crippen LogP contribution in [0.3, 0.4) is 0 Å². The Labute approximate surface area is 192 Å². The summed E-state index contributed by atoms with van der Waals surface area (Å²) < 4.78 is 0. The predicted octanol–water partition coefficient (Wildman–Crippen LogP) is 4.39. The summed E-state index contributed by atoms with van der Waals surface area (Å²) in [6.45, 7) is 0. The maximum absolute atomic E-state index is 13.2. The number of aliphatic imine (C=N–C) groups is 1. The Kier molecular flexibility index (Phi) is 5.37. The minimum Gasteiger partial charge on any atom is -0.325 e. The van der Waals surface area contributed by atoms with Gasteiger partial charge in [0.1, 0.15) is 11.7 Å². The molecule has 0 radical (unpaired) electrons. The van der Waals surface area contributed by atoms with E-state index in [-0.39, 0.29) is 17.6 Å². The van der Waals surface area contributed by atoms with Crippen LogP contribution in [0.1, 0.15) is 37.1 Å². The number of rotatable bonds is 6. The van der Waals surface area contributed by atoms with Crippen LogP contribution >= 0.6 is 11.3 Å². The maximum Gasteiger partial charge on any atom is 0.265 e. The second-order valence-electron chi connectivity index (χ2n) is 7.33. The number of nitrogens with zero attached hydrogens (tertiary/aromatic N) is 2. The number of aromatic amines is 1. The number of carbonyl (C=O) groups is 3. The second kappa shape index (κ2) is 8.64. The fourth-order valence-corrected chi connectivity index (χ4v) is 4.17. The van der Waals surface area contributed by atoms with Gasteiger partial charge in [-0.2, -0.15) is 5.10 Å².